The molecule has 5 heterocycles. The normalized spacial score (nSPS) is 28.2. The third-order valence-corrected chi connectivity index (χ3v) is 10.2. The van der Waals surface area contributed by atoms with Crippen molar-refractivity contribution in [2.24, 2.45) is 5.92 Å². The molecule has 5 atom stereocenters. The van der Waals surface area contributed by atoms with Gasteiger partial charge in [0.15, 0.2) is 17.1 Å². The summed E-state index contributed by atoms with van der Waals surface area (Å²) in [6.45, 7) is 8.58. The summed E-state index contributed by atoms with van der Waals surface area (Å²) in [6, 6.07) is 1.17. The molecule has 0 radical (unpaired) electrons. The first-order valence-corrected chi connectivity index (χ1v) is 18.4. The van der Waals surface area contributed by atoms with E-state index in [0.717, 1.165) is 19.3 Å². The number of pyridine rings is 2. The summed E-state index contributed by atoms with van der Waals surface area (Å²) in [7, 11) is 1.48. The molecular formula is C39H49N5O9. The Bertz CT molecular complexity index is 1870. The second kappa shape index (κ2) is 14.8. The molecule has 0 bridgehead atoms. The molecule has 14 nitrogen and oxygen atoms in total. The first kappa shape index (κ1) is 37.7. The zero-order chi connectivity index (χ0) is 38.1. The lowest BCUT2D eigenvalue weighted by atomic mass is 9.84. The summed E-state index contributed by atoms with van der Waals surface area (Å²) in [4.78, 5) is 80.9. The van der Waals surface area contributed by atoms with Crippen LogP contribution in [0.3, 0.4) is 0 Å². The summed E-state index contributed by atoms with van der Waals surface area (Å²) in [5.74, 6) is -1.91. The second-order valence-corrected chi connectivity index (χ2v) is 15.3. The molecular weight excluding hydrogens is 682 g/mol. The predicted octanol–water partition coefficient (Wildman–Crippen LogP) is 4.66. The molecule has 1 fully saturated rings. The van der Waals surface area contributed by atoms with Gasteiger partial charge in [-0.3, -0.25) is 14.4 Å². The van der Waals surface area contributed by atoms with Crippen LogP contribution in [0.15, 0.2) is 36.4 Å². The second-order valence-electron chi connectivity index (χ2n) is 15.3. The number of allylic oxidation sites excluding steroid dienone is 2. The average molecular weight is 732 g/mol. The number of fused-ring (bicyclic) bond motifs is 5. The van der Waals surface area contributed by atoms with Crippen molar-refractivity contribution in [1.82, 2.24) is 25.5 Å². The van der Waals surface area contributed by atoms with Crippen LogP contribution in [-0.2, 0) is 23.9 Å². The molecule has 3 amide bonds. The number of nitrogens with one attached hydrogen (secondary N) is 2. The van der Waals surface area contributed by atoms with E-state index in [1.165, 1.54) is 12.0 Å². The summed E-state index contributed by atoms with van der Waals surface area (Å²) >= 11 is 0. The van der Waals surface area contributed by atoms with Crippen LogP contribution in [0.25, 0.3) is 11.0 Å². The largest absolute Gasteiger partial charge is 0.482 e. The lowest BCUT2D eigenvalue weighted by Crippen LogP contribution is -2.61. The van der Waals surface area contributed by atoms with E-state index in [2.05, 4.69) is 20.6 Å². The molecule has 53 heavy (non-hydrogen) atoms. The van der Waals surface area contributed by atoms with Crippen molar-refractivity contribution < 1.29 is 42.9 Å². The topological polar surface area (TPSA) is 175 Å². The monoisotopic (exact) mass is 731 g/mol. The molecule has 1 aliphatic carbocycles. The van der Waals surface area contributed by atoms with E-state index in [1.807, 2.05) is 18.2 Å². The number of amides is 3. The van der Waals surface area contributed by atoms with Crippen LogP contribution in [0.4, 0.5) is 4.79 Å². The van der Waals surface area contributed by atoms with Crippen LogP contribution in [0, 0.1) is 12.8 Å². The van der Waals surface area contributed by atoms with Crippen molar-refractivity contribution in [2.75, 3.05) is 20.3 Å². The highest BCUT2D eigenvalue weighted by Crippen LogP contribution is 2.45. The fourth-order valence-electron chi connectivity index (χ4n) is 7.81. The number of hydrogen-bond donors (Lipinski definition) is 2. The molecule has 2 aromatic rings. The van der Waals surface area contributed by atoms with Crippen molar-refractivity contribution in [1.29, 1.82) is 0 Å². The van der Waals surface area contributed by atoms with Crippen molar-refractivity contribution >= 4 is 40.7 Å². The number of esters is 1. The van der Waals surface area contributed by atoms with Crippen molar-refractivity contribution in [2.45, 2.75) is 115 Å². The number of ketones is 1. The average Bonchev–Trinajstić information content (AvgIpc) is 3.67. The number of hydrogen-bond acceptors (Lipinski definition) is 11. The number of methoxy groups -OCH3 is 1. The molecule has 2 N–H and O–H groups in total. The molecule has 4 aliphatic rings. The number of carbonyl (C=O) groups is 5. The number of rotatable bonds is 4. The first-order valence-electron chi connectivity index (χ1n) is 18.4. The Balaban J connectivity index is 1.42. The maximum atomic E-state index is 14.7. The highest BCUT2D eigenvalue weighted by Gasteiger charge is 2.57. The van der Waals surface area contributed by atoms with E-state index in [1.54, 1.807) is 52.8 Å². The summed E-state index contributed by atoms with van der Waals surface area (Å²) < 4.78 is 23.1. The van der Waals surface area contributed by atoms with E-state index in [4.69, 9.17) is 18.9 Å². The van der Waals surface area contributed by atoms with E-state index < -0.39 is 58.6 Å². The number of aromatic nitrogens is 2. The summed E-state index contributed by atoms with van der Waals surface area (Å²) in [5, 5.41) is 5.75. The molecule has 3 aliphatic heterocycles. The van der Waals surface area contributed by atoms with Gasteiger partial charge < -0.3 is 34.5 Å². The molecule has 2 aromatic heterocycles. The molecule has 6 rings (SSSR count). The smallest absolute Gasteiger partial charge is 0.408 e. The number of nitrogens with zero attached hydrogens (tertiary/aromatic N) is 3. The highest BCUT2D eigenvalue weighted by molar-refractivity contribution is 6.10. The highest BCUT2D eigenvalue weighted by atomic mass is 16.6. The van der Waals surface area contributed by atoms with Gasteiger partial charge >= 0.3 is 12.1 Å². The first-order chi connectivity index (χ1) is 25.2. The lowest BCUT2D eigenvalue weighted by molar-refractivity contribution is -0.153. The van der Waals surface area contributed by atoms with Gasteiger partial charge in [-0.1, -0.05) is 37.1 Å². The van der Waals surface area contributed by atoms with Gasteiger partial charge in [0.2, 0.25) is 17.7 Å². The molecule has 0 aromatic carbocycles. The number of carbonyl (C=O) groups excluding carboxylic acids is 5. The van der Waals surface area contributed by atoms with Gasteiger partial charge in [-0.05, 0) is 66.4 Å². The molecule has 1 saturated heterocycles. The SMILES string of the molecule is CCOC(=O)[C@@]12C=CC[C@H]1/C=C\CCCCC[C@H](NC(=O)OC(C)(C)C)C(=O)N1C[C@@]3(CC(=O)c4c(c(C)nc5ccc(OC)nc45)O3)C[C@H]1C(=O)N2. The Morgan fingerprint density at radius 2 is 1.91 bits per heavy atom. The van der Waals surface area contributed by atoms with Gasteiger partial charge in [-0.25, -0.2) is 19.6 Å². The standard InChI is InChI=1S/C39H49N5O9/c1-7-51-35(48)39-19-13-15-24(39)14-11-9-8-10-12-16-26(41-36(49)53-37(3,4)5)34(47)44-22-38(20-27(44)33(46)43-39)21-28(45)30-31-25(17-18-29(42-31)50-6)40-23(2)32(30)52-38/h11,13-14,17-19,24,26-27H,7-10,12,15-16,20-22H2,1-6H3,(H,41,49)(H,43,46)/b14-11-/t24-,26+,27+,38+,39-/m1/s1. The van der Waals surface area contributed by atoms with Gasteiger partial charge in [-0.2, -0.15) is 0 Å². The Hall–Kier alpha value is -5.01. The van der Waals surface area contributed by atoms with Gasteiger partial charge in [0.05, 0.1) is 43.5 Å². The van der Waals surface area contributed by atoms with E-state index in [-0.39, 0.29) is 43.1 Å². The van der Waals surface area contributed by atoms with E-state index in [9.17, 15) is 24.0 Å². The van der Waals surface area contributed by atoms with Crippen LogP contribution >= 0.6 is 0 Å². The Morgan fingerprint density at radius 1 is 1.11 bits per heavy atom. The number of aryl methyl sites for hydroxylation is 1. The Morgan fingerprint density at radius 3 is 2.64 bits per heavy atom. The Kier molecular flexibility index (Phi) is 10.5. The molecule has 284 valence electrons. The Labute approximate surface area is 309 Å². The van der Waals surface area contributed by atoms with Gasteiger partial charge in [0, 0.05) is 18.4 Å². The fraction of sp³-hybridized carbons (Fsp3) is 0.564. The minimum atomic E-state index is -1.51. The molecule has 1 spiro atoms. The number of alkyl carbamates (subject to hydrolysis) is 1. The van der Waals surface area contributed by atoms with Crippen LogP contribution in [0.1, 0.15) is 95.1 Å². The minimum Gasteiger partial charge on any atom is -0.482 e. The van der Waals surface area contributed by atoms with E-state index >= 15 is 0 Å². The zero-order valence-electron chi connectivity index (χ0n) is 31.3. The van der Waals surface area contributed by atoms with Crippen LogP contribution in [0.5, 0.6) is 11.6 Å². The summed E-state index contributed by atoms with van der Waals surface area (Å²) in [6.07, 6.45) is 10.2. The van der Waals surface area contributed by atoms with Crippen molar-refractivity contribution in [3.05, 3.63) is 47.7 Å². The quantitative estimate of drug-likeness (QED) is 0.331. The molecule has 0 unspecified atom stereocenters. The predicted molar refractivity (Wildman–Crippen MR) is 193 cm³/mol. The van der Waals surface area contributed by atoms with Gasteiger partial charge in [0.1, 0.15) is 28.8 Å². The van der Waals surface area contributed by atoms with Crippen molar-refractivity contribution in [3.8, 4) is 11.6 Å². The lowest BCUT2D eigenvalue weighted by Gasteiger charge is -2.35. The maximum absolute atomic E-state index is 14.7. The number of ether oxygens (including phenoxy) is 4. The van der Waals surface area contributed by atoms with E-state index in [0.29, 0.717) is 41.9 Å². The molecule has 14 heteroatoms. The maximum Gasteiger partial charge on any atom is 0.408 e. The van der Waals surface area contributed by atoms with Crippen LogP contribution in [-0.4, -0.2) is 93.6 Å². The van der Waals surface area contributed by atoms with Gasteiger partial charge in [0.25, 0.3) is 0 Å². The minimum absolute atomic E-state index is 0.0684. The van der Waals surface area contributed by atoms with Gasteiger partial charge in [-0.15, -0.1) is 0 Å². The fourth-order valence-corrected chi connectivity index (χ4v) is 7.81. The number of Topliss-reactive ketones (excluding diaryl/α,β-unsaturated/α-hetero) is 1. The summed E-state index contributed by atoms with van der Waals surface area (Å²) in [5.41, 5.74) is -2.12. The van der Waals surface area contributed by atoms with Crippen molar-refractivity contribution in [3.63, 3.8) is 0 Å². The third kappa shape index (κ3) is 7.58. The third-order valence-electron chi connectivity index (χ3n) is 10.2. The molecule has 0 saturated carbocycles. The van der Waals surface area contributed by atoms with Crippen LogP contribution < -0.4 is 20.1 Å². The van der Waals surface area contributed by atoms with Crippen LogP contribution in [0.2, 0.25) is 0 Å². The zero-order valence-corrected chi connectivity index (χ0v) is 31.3.